The first-order valence-corrected chi connectivity index (χ1v) is 6.72. The van der Waals surface area contributed by atoms with Gasteiger partial charge in [-0.15, -0.1) is 0 Å². The van der Waals surface area contributed by atoms with E-state index in [1.165, 1.54) is 16.9 Å². The van der Waals surface area contributed by atoms with Gasteiger partial charge in [0.05, 0.1) is 5.92 Å². The quantitative estimate of drug-likeness (QED) is 0.805. The molecule has 1 aliphatic heterocycles. The highest BCUT2D eigenvalue weighted by molar-refractivity contribution is 5.96. The van der Waals surface area contributed by atoms with Crippen molar-refractivity contribution >= 4 is 23.6 Å². The minimum Gasteiger partial charge on any atom is -0.480 e. The molecule has 1 unspecified atom stereocenters. The van der Waals surface area contributed by atoms with Gasteiger partial charge in [0.1, 0.15) is 6.54 Å². The second kappa shape index (κ2) is 5.94. The normalized spacial score (nSPS) is 18.3. The molecule has 21 heavy (non-hydrogen) atoms. The smallest absolute Gasteiger partial charge is 0.325 e. The highest BCUT2D eigenvalue weighted by Gasteiger charge is 2.35. The van der Waals surface area contributed by atoms with E-state index in [0.29, 0.717) is 6.54 Å². The van der Waals surface area contributed by atoms with E-state index in [1.54, 1.807) is 4.90 Å². The summed E-state index contributed by atoms with van der Waals surface area (Å²) in [5, 5.41) is 15.2. The number of hydrogen-bond donors (Lipinski definition) is 2. The molecule has 0 spiro atoms. The third kappa shape index (κ3) is 3.59. The molecular weight excluding hydrogens is 276 g/mol. The van der Waals surface area contributed by atoms with Gasteiger partial charge in [-0.3, -0.25) is 19.1 Å². The third-order valence-corrected chi connectivity index (χ3v) is 3.34. The number of amides is 2. The Hall–Kier alpha value is -2.38. The summed E-state index contributed by atoms with van der Waals surface area (Å²) in [6, 6.07) is 1.60. The zero-order valence-corrected chi connectivity index (χ0v) is 11.9. The van der Waals surface area contributed by atoms with Gasteiger partial charge in [-0.25, -0.2) is 0 Å². The summed E-state index contributed by atoms with van der Waals surface area (Å²) in [5.74, 6) is -1.42. The first kappa shape index (κ1) is 15.0. The fraction of sp³-hybridized carbons (Fsp3) is 0.538. The van der Waals surface area contributed by atoms with Gasteiger partial charge >= 0.3 is 5.97 Å². The van der Waals surface area contributed by atoms with Crippen molar-refractivity contribution in [3.63, 3.8) is 0 Å². The highest BCUT2D eigenvalue weighted by Crippen LogP contribution is 2.21. The summed E-state index contributed by atoms with van der Waals surface area (Å²) in [7, 11) is 0. The molecule has 1 atom stereocenters. The van der Waals surface area contributed by atoms with Crippen LogP contribution in [0.1, 0.15) is 20.3 Å². The lowest BCUT2D eigenvalue weighted by Gasteiger charge is -2.20. The summed E-state index contributed by atoms with van der Waals surface area (Å²) < 4.78 is 1.22. The Morgan fingerprint density at radius 2 is 2.24 bits per heavy atom. The van der Waals surface area contributed by atoms with Gasteiger partial charge in [0, 0.05) is 31.3 Å². The number of aliphatic carboxylic acids is 1. The van der Waals surface area contributed by atoms with Crippen LogP contribution in [0, 0.1) is 5.92 Å². The molecule has 8 nitrogen and oxygen atoms in total. The molecule has 8 heteroatoms. The lowest BCUT2D eigenvalue weighted by molar-refractivity contribution is -0.138. The molecule has 1 aromatic rings. The number of carboxylic acid groups (broad SMARTS) is 1. The number of anilines is 1. The lowest BCUT2D eigenvalue weighted by atomic mass is 10.1. The molecule has 114 valence electrons. The van der Waals surface area contributed by atoms with E-state index in [1.807, 2.05) is 13.8 Å². The summed E-state index contributed by atoms with van der Waals surface area (Å²) in [6.45, 7) is 3.95. The summed E-state index contributed by atoms with van der Waals surface area (Å²) in [6.07, 6.45) is 1.67. The Labute approximate surface area is 121 Å². The Balaban J connectivity index is 1.94. The molecule has 0 aliphatic carbocycles. The van der Waals surface area contributed by atoms with Gasteiger partial charge in [-0.2, -0.15) is 5.10 Å². The molecule has 0 aromatic carbocycles. The largest absolute Gasteiger partial charge is 0.480 e. The standard InChI is InChI=1S/C13H18N4O4/c1-8(2)17-6-9(5-11(17)18)13(21)14-10-3-4-16(15-10)7-12(19)20/h3-4,8-9H,5-7H2,1-2H3,(H,19,20)(H,14,15,21). The predicted octanol–water partition coefficient (Wildman–Crippen LogP) is 0.163. The zero-order valence-electron chi connectivity index (χ0n) is 11.9. The monoisotopic (exact) mass is 294 g/mol. The van der Waals surface area contributed by atoms with E-state index in [0.717, 1.165) is 0 Å². The van der Waals surface area contributed by atoms with E-state index >= 15 is 0 Å². The third-order valence-electron chi connectivity index (χ3n) is 3.34. The molecule has 2 amide bonds. The Kier molecular flexibility index (Phi) is 4.25. The van der Waals surface area contributed by atoms with E-state index in [2.05, 4.69) is 10.4 Å². The van der Waals surface area contributed by atoms with Gasteiger partial charge < -0.3 is 15.3 Å². The highest BCUT2D eigenvalue weighted by atomic mass is 16.4. The van der Waals surface area contributed by atoms with Crippen LogP contribution < -0.4 is 5.32 Å². The first-order chi connectivity index (χ1) is 9.86. The summed E-state index contributed by atoms with van der Waals surface area (Å²) >= 11 is 0. The van der Waals surface area contributed by atoms with Crippen molar-refractivity contribution in [1.29, 1.82) is 0 Å². The minimum atomic E-state index is -1.01. The molecule has 0 saturated carbocycles. The van der Waals surface area contributed by atoms with Gasteiger partial charge in [0.25, 0.3) is 0 Å². The number of nitrogens with zero attached hydrogens (tertiary/aromatic N) is 3. The molecule has 2 rings (SSSR count). The molecule has 2 N–H and O–H groups in total. The van der Waals surface area contributed by atoms with Gasteiger partial charge in [-0.1, -0.05) is 0 Å². The first-order valence-electron chi connectivity index (χ1n) is 6.72. The van der Waals surface area contributed by atoms with Crippen molar-refractivity contribution in [2.24, 2.45) is 5.92 Å². The number of hydrogen-bond acceptors (Lipinski definition) is 4. The molecule has 2 heterocycles. The van der Waals surface area contributed by atoms with Crippen LogP contribution in [0.2, 0.25) is 0 Å². The van der Waals surface area contributed by atoms with Crippen LogP contribution in [0.5, 0.6) is 0 Å². The Morgan fingerprint density at radius 1 is 1.52 bits per heavy atom. The number of rotatable bonds is 5. The maximum absolute atomic E-state index is 12.1. The Morgan fingerprint density at radius 3 is 2.81 bits per heavy atom. The number of aromatic nitrogens is 2. The summed E-state index contributed by atoms with van der Waals surface area (Å²) in [4.78, 5) is 36.1. The molecule has 1 aliphatic rings. The molecule has 0 radical (unpaired) electrons. The molecule has 1 saturated heterocycles. The van der Waals surface area contributed by atoms with Crippen molar-refractivity contribution in [1.82, 2.24) is 14.7 Å². The number of nitrogens with one attached hydrogen (secondary N) is 1. The van der Waals surface area contributed by atoms with E-state index in [4.69, 9.17) is 5.11 Å². The van der Waals surface area contributed by atoms with Crippen molar-refractivity contribution < 1.29 is 19.5 Å². The van der Waals surface area contributed by atoms with Crippen LogP contribution >= 0.6 is 0 Å². The average Bonchev–Trinajstić information content (AvgIpc) is 2.95. The fourth-order valence-corrected chi connectivity index (χ4v) is 2.29. The predicted molar refractivity (Wildman–Crippen MR) is 73.4 cm³/mol. The second-order valence-electron chi connectivity index (χ2n) is 5.32. The minimum absolute atomic E-state index is 0.0263. The fourth-order valence-electron chi connectivity index (χ4n) is 2.29. The van der Waals surface area contributed by atoms with Crippen molar-refractivity contribution in [2.75, 3.05) is 11.9 Å². The maximum Gasteiger partial charge on any atom is 0.325 e. The van der Waals surface area contributed by atoms with E-state index < -0.39 is 11.9 Å². The van der Waals surface area contributed by atoms with Gasteiger partial charge in [0.2, 0.25) is 11.8 Å². The number of carbonyl (C=O) groups is 3. The Bertz CT molecular complexity index is 566. The van der Waals surface area contributed by atoms with E-state index in [-0.39, 0.29) is 36.6 Å². The van der Waals surface area contributed by atoms with Gasteiger partial charge in [-0.05, 0) is 13.8 Å². The average molecular weight is 294 g/mol. The summed E-state index contributed by atoms with van der Waals surface area (Å²) in [5.41, 5.74) is 0. The van der Waals surface area contributed by atoms with Crippen LogP contribution in [-0.2, 0) is 20.9 Å². The second-order valence-corrected chi connectivity index (χ2v) is 5.32. The van der Waals surface area contributed by atoms with Crippen molar-refractivity contribution in [2.45, 2.75) is 32.9 Å². The number of likely N-dealkylation sites (tertiary alicyclic amines) is 1. The van der Waals surface area contributed by atoms with Crippen LogP contribution in [-0.4, -0.2) is 50.2 Å². The molecule has 0 bridgehead atoms. The number of carbonyl (C=O) groups excluding carboxylic acids is 2. The topological polar surface area (TPSA) is 105 Å². The lowest BCUT2D eigenvalue weighted by Crippen LogP contribution is -2.33. The zero-order chi connectivity index (χ0) is 15.6. The van der Waals surface area contributed by atoms with Crippen LogP contribution in [0.15, 0.2) is 12.3 Å². The molecular formula is C13H18N4O4. The van der Waals surface area contributed by atoms with Crippen molar-refractivity contribution in [3.05, 3.63) is 12.3 Å². The molecule has 1 aromatic heterocycles. The van der Waals surface area contributed by atoms with E-state index in [9.17, 15) is 14.4 Å². The van der Waals surface area contributed by atoms with Crippen LogP contribution in [0.3, 0.4) is 0 Å². The van der Waals surface area contributed by atoms with Crippen molar-refractivity contribution in [3.8, 4) is 0 Å². The number of carboxylic acids is 1. The van der Waals surface area contributed by atoms with Crippen LogP contribution in [0.4, 0.5) is 5.82 Å². The molecule has 1 fully saturated rings. The SMILES string of the molecule is CC(C)N1CC(C(=O)Nc2ccn(CC(=O)O)n2)CC1=O. The van der Waals surface area contributed by atoms with Gasteiger partial charge in [0.15, 0.2) is 5.82 Å². The maximum atomic E-state index is 12.1. The van der Waals surface area contributed by atoms with Crippen LogP contribution in [0.25, 0.3) is 0 Å².